The van der Waals surface area contributed by atoms with Gasteiger partial charge in [0.2, 0.25) is 5.91 Å². The number of likely N-dealkylation sites (tertiary alicyclic amines) is 1. The van der Waals surface area contributed by atoms with Gasteiger partial charge in [0.25, 0.3) is 0 Å². The molecule has 0 spiro atoms. The SMILES string of the molecule is CC1CCCC(C)N1C(=O)Cc1cn(C)c2ccccc12. The number of piperidine rings is 1. The summed E-state index contributed by atoms with van der Waals surface area (Å²) in [4.78, 5) is 14.9. The second kappa shape index (κ2) is 5.55. The number of hydrogen-bond acceptors (Lipinski definition) is 1. The molecule has 2 aromatic rings. The van der Waals surface area contributed by atoms with Crippen molar-refractivity contribution in [2.45, 2.75) is 51.6 Å². The topological polar surface area (TPSA) is 25.2 Å². The zero-order valence-electron chi connectivity index (χ0n) is 13.2. The molecule has 1 fully saturated rings. The van der Waals surface area contributed by atoms with E-state index in [0.29, 0.717) is 18.5 Å². The van der Waals surface area contributed by atoms with Crippen LogP contribution in [0.15, 0.2) is 30.5 Å². The summed E-state index contributed by atoms with van der Waals surface area (Å²) in [6.45, 7) is 4.35. The highest BCUT2D eigenvalue weighted by Crippen LogP contribution is 2.26. The second-order valence-corrected chi connectivity index (χ2v) is 6.39. The standard InChI is InChI=1S/C18H24N2O/c1-13-7-6-8-14(2)20(13)18(21)11-15-12-19(3)17-10-5-4-9-16(15)17/h4-5,9-10,12-14H,6-8,11H2,1-3H3. The van der Waals surface area contributed by atoms with Crippen molar-refractivity contribution in [2.24, 2.45) is 7.05 Å². The van der Waals surface area contributed by atoms with Gasteiger partial charge < -0.3 is 9.47 Å². The fourth-order valence-electron chi connectivity index (χ4n) is 3.73. The lowest BCUT2D eigenvalue weighted by Crippen LogP contribution is -2.48. The van der Waals surface area contributed by atoms with Gasteiger partial charge in [0, 0.05) is 36.2 Å². The highest BCUT2D eigenvalue weighted by atomic mass is 16.2. The molecule has 1 aromatic heterocycles. The maximum atomic E-state index is 12.8. The summed E-state index contributed by atoms with van der Waals surface area (Å²) in [6.07, 6.45) is 6.11. The number of carbonyl (C=O) groups excluding carboxylic acids is 1. The Kier molecular flexibility index (Phi) is 3.75. The molecule has 2 atom stereocenters. The third-order valence-corrected chi connectivity index (χ3v) is 4.80. The molecule has 1 aliphatic heterocycles. The molecule has 3 heteroatoms. The first-order valence-electron chi connectivity index (χ1n) is 7.92. The van der Waals surface area contributed by atoms with E-state index in [1.165, 1.54) is 17.3 Å². The van der Waals surface area contributed by atoms with E-state index in [2.05, 4.69) is 41.6 Å². The van der Waals surface area contributed by atoms with Gasteiger partial charge in [-0.3, -0.25) is 4.79 Å². The van der Waals surface area contributed by atoms with Crippen molar-refractivity contribution >= 4 is 16.8 Å². The van der Waals surface area contributed by atoms with Gasteiger partial charge in [-0.25, -0.2) is 0 Å². The molecular formula is C18H24N2O. The summed E-state index contributed by atoms with van der Waals surface area (Å²) >= 11 is 0. The molecule has 2 heterocycles. The van der Waals surface area contributed by atoms with Crippen LogP contribution in [0.25, 0.3) is 10.9 Å². The number of para-hydroxylation sites is 1. The van der Waals surface area contributed by atoms with Crippen LogP contribution in [0.5, 0.6) is 0 Å². The smallest absolute Gasteiger partial charge is 0.227 e. The van der Waals surface area contributed by atoms with Crippen LogP contribution in [-0.4, -0.2) is 27.5 Å². The van der Waals surface area contributed by atoms with Crippen molar-refractivity contribution < 1.29 is 4.79 Å². The minimum absolute atomic E-state index is 0.269. The Hall–Kier alpha value is -1.77. The lowest BCUT2D eigenvalue weighted by atomic mass is 9.96. The Labute approximate surface area is 126 Å². The average Bonchev–Trinajstić information content (AvgIpc) is 2.76. The van der Waals surface area contributed by atoms with Crippen LogP contribution < -0.4 is 0 Å². The number of rotatable bonds is 2. The summed E-state index contributed by atoms with van der Waals surface area (Å²) in [5.41, 5.74) is 2.34. The number of benzene rings is 1. The molecule has 0 bridgehead atoms. The lowest BCUT2D eigenvalue weighted by molar-refractivity contribution is -0.136. The van der Waals surface area contributed by atoms with Gasteiger partial charge in [0.05, 0.1) is 6.42 Å². The number of carbonyl (C=O) groups is 1. The van der Waals surface area contributed by atoms with Crippen LogP contribution in [0.3, 0.4) is 0 Å². The van der Waals surface area contributed by atoms with Gasteiger partial charge >= 0.3 is 0 Å². The summed E-state index contributed by atoms with van der Waals surface area (Å²) in [6, 6.07) is 9.05. The molecule has 3 nitrogen and oxygen atoms in total. The third kappa shape index (κ3) is 2.57. The maximum Gasteiger partial charge on any atom is 0.227 e. The van der Waals surface area contributed by atoms with Gasteiger partial charge in [-0.05, 0) is 44.7 Å². The van der Waals surface area contributed by atoms with Crippen LogP contribution in [0.4, 0.5) is 0 Å². The predicted molar refractivity (Wildman–Crippen MR) is 86.2 cm³/mol. The number of nitrogens with zero attached hydrogens (tertiary/aromatic N) is 2. The number of aromatic nitrogens is 1. The zero-order valence-corrected chi connectivity index (χ0v) is 13.2. The normalized spacial score (nSPS) is 22.7. The molecule has 1 saturated heterocycles. The lowest BCUT2D eigenvalue weighted by Gasteiger charge is -2.39. The minimum Gasteiger partial charge on any atom is -0.350 e. The zero-order chi connectivity index (χ0) is 15.0. The molecule has 1 aromatic carbocycles. The molecule has 1 aliphatic rings. The van der Waals surface area contributed by atoms with Crippen molar-refractivity contribution in [3.8, 4) is 0 Å². The van der Waals surface area contributed by atoms with Crippen molar-refractivity contribution in [3.05, 3.63) is 36.0 Å². The van der Waals surface area contributed by atoms with Crippen LogP contribution in [0.2, 0.25) is 0 Å². The number of hydrogen-bond donors (Lipinski definition) is 0. The molecule has 0 saturated carbocycles. The van der Waals surface area contributed by atoms with Gasteiger partial charge in [0.1, 0.15) is 0 Å². The van der Waals surface area contributed by atoms with Crippen molar-refractivity contribution in [1.82, 2.24) is 9.47 Å². The van der Waals surface area contributed by atoms with E-state index in [4.69, 9.17) is 0 Å². The largest absolute Gasteiger partial charge is 0.350 e. The molecule has 0 aliphatic carbocycles. The van der Waals surface area contributed by atoms with Crippen LogP contribution in [-0.2, 0) is 18.3 Å². The quantitative estimate of drug-likeness (QED) is 0.828. The van der Waals surface area contributed by atoms with E-state index in [0.717, 1.165) is 18.4 Å². The molecular weight excluding hydrogens is 260 g/mol. The van der Waals surface area contributed by atoms with Gasteiger partial charge in [-0.15, -0.1) is 0 Å². The van der Waals surface area contributed by atoms with E-state index in [9.17, 15) is 4.79 Å². The Morgan fingerprint density at radius 3 is 2.57 bits per heavy atom. The first kappa shape index (κ1) is 14.2. The Morgan fingerprint density at radius 1 is 1.19 bits per heavy atom. The van der Waals surface area contributed by atoms with Crippen LogP contribution in [0, 0.1) is 0 Å². The second-order valence-electron chi connectivity index (χ2n) is 6.39. The number of fused-ring (bicyclic) bond motifs is 1. The minimum atomic E-state index is 0.269. The van der Waals surface area contributed by atoms with Crippen molar-refractivity contribution in [3.63, 3.8) is 0 Å². The monoisotopic (exact) mass is 284 g/mol. The van der Waals surface area contributed by atoms with Gasteiger partial charge in [-0.1, -0.05) is 18.2 Å². The summed E-state index contributed by atoms with van der Waals surface area (Å²) < 4.78 is 2.11. The molecule has 0 N–H and O–H groups in total. The van der Waals surface area contributed by atoms with E-state index in [1.807, 2.05) is 19.2 Å². The first-order valence-corrected chi connectivity index (χ1v) is 7.92. The fourth-order valence-corrected chi connectivity index (χ4v) is 3.73. The fraction of sp³-hybridized carbons (Fsp3) is 0.500. The van der Waals surface area contributed by atoms with Gasteiger partial charge in [0.15, 0.2) is 0 Å². The molecule has 112 valence electrons. The summed E-state index contributed by atoms with van der Waals surface area (Å²) in [5, 5.41) is 1.20. The highest BCUT2D eigenvalue weighted by Gasteiger charge is 2.29. The maximum absolute atomic E-state index is 12.8. The van der Waals surface area contributed by atoms with E-state index in [1.54, 1.807) is 0 Å². The van der Waals surface area contributed by atoms with Crippen LogP contribution >= 0.6 is 0 Å². The van der Waals surface area contributed by atoms with E-state index >= 15 is 0 Å². The summed E-state index contributed by atoms with van der Waals surface area (Å²) in [5.74, 6) is 0.269. The average molecular weight is 284 g/mol. The Balaban J connectivity index is 1.86. The van der Waals surface area contributed by atoms with E-state index in [-0.39, 0.29) is 5.91 Å². The molecule has 1 amide bonds. The number of aryl methyl sites for hydroxylation is 1. The Morgan fingerprint density at radius 2 is 1.86 bits per heavy atom. The molecule has 21 heavy (non-hydrogen) atoms. The van der Waals surface area contributed by atoms with Crippen molar-refractivity contribution in [1.29, 1.82) is 0 Å². The molecule has 3 rings (SSSR count). The molecule has 0 radical (unpaired) electrons. The predicted octanol–water partition coefficient (Wildman–Crippen LogP) is 3.51. The highest BCUT2D eigenvalue weighted by molar-refractivity contribution is 5.89. The third-order valence-electron chi connectivity index (χ3n) is 4.80. The first-order chi connectivity index (χ1) is 10.1. The van der Waals surface area contributed by atoms with E-state index < -0.39 is 0 Å². The van der Waals surface area contributed by atoms with Crippen LogP contribution in [0.1, 0.15) is 38.7 Å². The molecule has 2 unspecified atom stereocenters. The Bertz CT molecular complexity index is 648. The summed E-state index contributed by atoms with van der Waals surface area (Å²) in [7, 11) is 2.04. The number of amides is 1. The van der Waals surface area contributed by atoms with Crippen molar-refractivity contribution in [2.75, 3.05) is 0 Å². The van der Waals surface area contributed by atoms with Gasteiger partial charge in [-0.2, -0.15) is 0 Å².